The summed E-state index contributed by atoms with van der Waals surface area (Å²) < 4.78 is 15.7. The number of carbonyl (C=O) groups is 1. The molecular weight excluding hydrogens is 272 g/mol. The maximum Gasteiger partial charge on any atom is 0.321 e. The highest BCUT2D eigenvalue weighted by Crippen LogP contribution is 2.23. The highest BCUT2D eigenvalue weighted by molar-refractivity contribution is 5.80. The normalized spacial score (nSPS) is 11.2. The van der Waals surface area contributed by atoms with Gasteiger partial charge in [-0.1, -0.05) is 23.4 Å². The molecule has 112 valence electrons. The Labute approximate surface area is 123 Å². The van der Waals surface area contributed by atoms with E-state index in [0.717, 1.165) is 0 Å². The van der Waals surface area contributed by atoms with Gasteiger partial charge in [-0.2, -0.15) is 4.98 Å². The molecule has 1 aromatic heterocycles. The fourth-order valence-corrected chi connectivity index (χ4v) is 1.63. The minimum absolute atomic E-state index is 0.173. The number of rotatable bonds is 6. The van der Waals surface area contributed by atoms with Crippen LogP contribution in [-0.2, 0) is 21.6 Å². The van der Waals surface area contributed by atoms with Crippen LogP contribution >= 0.6 is 0 Å². The van der Waals surface area contributed by atoms with Crippen LogP contribution in [0.4, 0.5) is 0 Å². The average Bonchev–Trinajstić information content (AvgIpc) is 2.96. The van der Waals surface area contributed by atoms with Crippen molar-refractivity contribution in [3.8, 4) is 5.75 Å². The van der Waals surface area contributed by atoms with Crippen LogP contribution in [-0.4, -0.2) is 22.7 Å². The van der Waals surface area contributed by atoms with E-state index in [1.165, 1.54) is 0 Å². The topological polar surface area (TPSA) is 74.5 Å². The highest BCUT2D eigenvalue weighted by Gasteiger charge is 2.37. The van der Waals surface area contributed by atoms with Crippen LogP contribution in [0.1, 0.15) is 32.5 Å². The molecule has 0 radical (unpaired) electrons. The van der Waals surface area contributed by atoms with Crippen molar-refractivity contribution >= 4 is 5.97 Å². The Balaban J connectivity index is 2.02. The molecule has 0 atom stereocenters. The van der Waals surface area contributed by atoms with Gasteiger partial charge < -0.3 is 14.0 Å². The summed E-state index contributed by atoms with van der Waals surface area (Å²) in [5, 5.41) is 3.82. The molecule has 21 heavy (non-hydrogen) atoms. The molecule has 0 saturated carbocycles. The van der Waals surface area contributed by atoms with Crippen molar-refractivity contribution in [2.24, 2.45) is 0 Å². The molecule has 0 spiro atoms. The standard InChI is InChI=1S/C15H18N2O4/c1-4-19-14(18)15(2,3)13-16-12(17-21-13)10-20-11-8-6-5-7-9-11/h5-9H,4,10H2,1-3H3. The first-order valence-corrected chi connectivity index (χ1v) is 6.72. The third-order valence-corrected chi connectivity index (χ3v) is 2.90. The Morgan fingerprint density at radius 1 is 1.29 bits per heavy atom. The Hall–Kier alpha value is -2.37. The lowest BCUT2D eigenvalue weighted by Gasteiger charge is -2.16. The minimum Gasteiger partial charge on any atom is -0.485 e. The number of carbonyl (C=O) groups excluding carboxylic acids is 1. The van der Waals surface area contributed by atoms with Crippen LogP contribution in [0.3, 0.4) is 0 Å². The number of hydrogen-bond acceptors (Lipinski definition) is 6. The van der Waals surface area contributed by atoms with Gasteiger partial charge in [-0.05, 0) is 32.9 Å². The quantitative estimate of drug-likeness (QED) is 0.761. The molecule has 0 N–H and O–H groups in total. The summed E-state index contributed by atoms with van der Waals surface area (Å²) in [6.45, 7) is 5.59. The van der Waals surface area contributed by atoms with Crippen LogP contribution < -0.4 is 4.74 Å². The van der Waals surface area contributed by atoms with Gasteiger partial charge in [-0.3, -0.25) is 4.79 Å². The lowest BCUT2D eigenvalue weighted by molar-refractivity contribution is -0.149. The van der Waals surface area contributed by atoms with Crippen LogP contribution in [0.15, 0.2) is 34.9 Å². The molecule has 2 rings (SSSR count). The summed E-state index contributed by atoms with van der Waals surface area (Å²) in [5.74, 6) is 0.913. The van der Waals surface area contributed by atoms with E-state index in [4.69, 9.17) is 14.0 Å². The number of hydrogen-bond donors (Lipinski definition) is 0. The molecule has 0 aliphatic heterocycles. The second kappa shape index (κ2) is 6.39. The zero-order chi connectivity index (χ0) is 15.3. The van der Waals surface area contributed by atoms with Crippen molar-refractivity contribution in [3.05, 3.63) is 42.0 Å². The molecule has 6 nitrogen and oxygen atoms in total. The van der Waals surface area contributed by atoms with Gasteiger partial charge in [0.25, 0.3) is 0 Å². The Morgan fingerprint density at radius 3 is 2.67 bits per heavy atom. The number of aromatic nitrogens is 2. The van der Waals surface area contributed by atoms with Gasteiger partial charge >= 0.3 is 5.97 Å². The number of ether oxygens (including phenoxy) is 2. The Bertz CT molecular complexity index is 593. The van der Waals surface area contributed by atoms with Gasteiger partial charge in [0.15, 0.2) is 6.61 Å². The van der Waals surface area contributed by atoms with Crippen molar-refractivity contribution in [1.29, 1.82) is 0 Å². The van der Waals surface area contributed by atoms with E-state index in [1.807, 2.05) is 30.3 Å². The van der Waals surface area contributed by atoms with Gasteiger partial charge in [0.1, 0.15) is 11.2 Å². The number of esters is 1. The first-order valence-electron chi connectivity index (χ1n) is 6.72. The van der Waals surface area contributed by atoms with Gasteiger partial charge in [0.2, 0.25) is 11.7 Å². The summed E-state index contributed by atoms with van der Waals surface area (Å²) >= 11 is 0. The molecule has 1 heterocycles. The number of nitrogens with zero attached hydrogens (tertiary/aromatic N) is 2. The lowest BCUT2D eigenvalue weighted by atomic mass is 9.94. The van der Waals surface area contributed by atoms with Crippen LogP contribution in [0.25, 0.3) is 0 Å². The largest absolute Gasteiger partial charge is 0.485 e. The van der Waals surface area contributed by atoms with Crippen molar-refractivity contribution in [3.63, 3.8) is 0 Å². The Kier molecular flexibility index (Phi) is 4.57. The molecule has 0 bridgehead atoms. The molecule has 0 saturated heterocycles. The van der Waals surface area contributed by atoms with Gasteiger partial charge in [-0.25, -0.2) is 0 Å². The molecular formula is C15H18N2O4. The summed E-state index contributed by atoms with van der Waals surface area (Å²) in [7, 11) is 0. The SMILES string of the molecule is CCOC(=O)C(C)(C)c1nc(COc2ccccc2)no1. The fraction of sp³-hybridized carbons (Fsp3) is 0.400. The second-order valence-corrected chi connectivity index (χ2v) is 4.96. The molecule has 0 unspecified atom stereocenters. The summed E-state index contributed by atoms with van der Waals surface area (Å²) in [5.41, 5.74) is -0.978. The van der Waals surface area contributed by atoms with Crippen molar-refractivity contribution in [1.82, 2.24) is 10.1 Å². The average molecular weight is 290 g/mol. The summed E-state index contributed by atoms with van der Waals surface area (Å²) in [6.07, 6.45) is 0. The predicted octanol–water partition coefficient (Wildman–Crippen LogP) is 2.49. The zero-order valence-corrected chi connectivity index (χ0v) is 12.3. The van der Waals surface area contributed by atoms with Crippen LogP contribution in [0, 0.1) is 0 Å². The monoisotopic (exact) mass is 290 g/mol. The number of para-hydroxylation sites is 1. The highest BCUT2D eigenvalue weighted by atomic mass is 16.5. The first-order chi connectivity index (χ1) is 10.0. The predicted molar refractivity (Wildman–Crippen MR) is 74.7 cm³/mol. The minimum atomic E-state index is -0.978. The van der Waals surface area contributed by atoms with Crippen molar-refractivity contribution in [2.45, 2.75) is 32.8 Å². The van der Waals surface area contributed by atoms with E-state index in [9.17, 15) is 4.79 Å². The van der Waals surface area contributed by atoms with E-state index in [-0.39, 0.29) is 12.5 Å². The van der Waals surface area contributed by atoms with Crippen LogP contribution in [0.2, 0.25) is 0 Å². The molecule has 0 aliphatic rings. The zero-order valence-electron chi connectivity index (χ0n) is 12.3. The van der Waals surface area contributed by atoms with E-state index >= 15 is 0 Å². The molecule has 6 heteroatoms. The summed E-state index contributed by atoms with van der Waals surface area (Å²) in [6, 6.07) is 9.33. The maximum atomic E-state index is 11.9. The Morgan fingerprint density at radius 2 is 2.00 bits per heavy atom. The first kappa shape index (κ1) is 15.0. The molecule has 2 aromatic rings. The molecule has 0 amide bonds. The van der Waals surface area contributed by atoms with E-state index in [0.29, 0.717) is 18.2 Å². The van der Waals surface area contributed by atoms with Crippen molar-refractivity contribution < 1.29 is 18.8 Å². The molecule has 0 fully saturated rings. The number of benzene rings is 1. The maximum absolute atomic E-state index is 11.9. The smallest absolute Gasteiger partial charge is 0.321 e. The second-order valence-electron chi connectivity index (χ2n) is 4.96. The van der Waals surface area contributed by atoms with Crippen LogP contribution in [0.5, 0.6) is 5.75 Å². The lowest BCUT2D eigenvalue weighted by Crippen LogP contribution is -2.31. The van der Waals surface area contributed by atoms with Crippen molar-refractivity contribution in [2.75, 3.05) is 6.61 Å². The van der Waals surface area contributed by atoms with E-state index < -0.39 is 11.4 Å². The third kappa shape index (κ3) is 3.59. The van der Waals surface area contributed by atoms with Gasteiger partial charge in [-0.15, -0.1) is 0 Å². The van der Waals surface area contributed by atoms with E-state index in [2.05, 4.69) is 10.1 Å². The fourth-order valence-electron chi connectivity index (χ4n) is 1.63. The third-order valence-electron chi connectivity index (χ3n) is 2.90. The van der Waals surface area contributed by atoms with Gasteiger partial charge in [0, 0.05) is 0 Å². The van der Waals surface area contributed by atoms with Gasteiger partial charge in [0.05, 0.1) is 6.61 Å². The molecule has 0 aliphatic carbocycles. The summed E-state index contributed by atoms with van der Waals surface area (Å²) in [4.78, 5) is 16.1. The molecule has 1 aromatic carbocycles. The van der Waals surface area contributed by atoms with E-state index in [1.54, 1.807) is 20.8 Å².